The molecule has 1 saturated heterocycles. The average Bonchev–Trinajstić information content (AvgIpc) is 3.58. The van der Waals surface area contributed by atoms with Gasteiger partial charge in [-0.15, -0.1) is 0 Å². The first-order valence-corrected chi connectivity index (χ1v) is 12.0. The maximum absolute atomic E-state index is 14.4. The molecule has 2 aliphatic heterocycles. The normalized spacial score (nSPS) is 18.1. The number of nitrogens with one attached hydrogen (secondary N) is 2. The number of anilines is 1. The van der Waals surface area contributed by atoms with Crippen molar-refractivity contribution in [2.24, 2.45) is 0 Å². The monoisotopic (exact) mass is 501 g/mol. The number of pyridine rings is 1. The van der Waals surface area contributed by atoms with Gasteiger partial charge in [-0.3, -0.25) is 9.59 Å². The van der Waals surface area contributed by atoms with E-state index < -0.39 is 11.3 Å². The molecule has 0 bridgehead atoms. The molecule has 0 aliphatic carbocycles. The van der Waals surface area contributed by atoms with E-state index in [9.17, 15) is 14.0 Å². The summed E-state index contributed by atoms with van der Waals surface area (Å²) in [6, 6.07) is 9.90. The summed E-state index contributed by atoms with van der Waals surface area (Å²) >= 11 is 0. The van der Waals surface area contributed by atoms with Gasteiger partial charge in [-0.2, -0.15) is 5.10 Å². The fraction of sp³-hybridized carbons (Fsp3) is 0.308. The molecule has 2 N–H and O–H groups in total. The summed E-state index contributed by atoms with van der Waals surface area (Å²) in [6.45, 7) is 4.60. The van der Waals surface area contributed by atoms with E-state index in [2.05, 4.69) is 30.7 Å². The largest absolute Gasteiger partial charge is 0.379 e. The number of fused-ring (bicyclic) bond motifs is 2. The standard InChI is InChI=1S/C26H24FN7O3/c1-26(2)18-20(24(35)29-15-9-11-37-13-15)30-22(31-21(18)32-25(26)36)19-16-7-5-10-28-23(16)34(33-19)12-14-6-3-4-8-17(14)27/h3-8,10,15H,9,11-13H2,1-2H3,(H,29,35)(H,30,31,32,36). The topological polar surface area (TPSA) is 124 Å². The van der Waals surface area contributed by atoms with E-state index in [0.717, 1.165) is 0 Å². The Morgan fingerprint density at radius 2 is 2.08 bits per heavy atom. The van der Waals surface area contributed by atoms with Crippen molar-refractivity contribution in [1.29, 1.82) is 0 Å². The number of rotatable bonds is 5. The number of halogens is 1. The first kappa shape index (κ1) is 23.2. The molecule has 1 unspecified atom stereocenters. The van der Waals surface area contributed by atoms with Crippen molar-refractivity contribution in [3.05, 3.63) is 65.2 Å². The average molecular weight is 502 g/mol. The highest BCUT2D eigenvalue weighted by Gasteiger charge is 2.44. The van der Waals surface area contributed by atoms with Gasteiger partial charge in [0, 0.05) is 23.9 Å². The number of nitrogens with zero attached hydrogens (tertiary/aromatic N) is 5. The zero-order valence-corrected chi connectivity index (χ0v) is 20.3. The lowest BCUT2D eigenvalue weighted by atomic mass is 9.85. The molecule has 11 heteroatoms. The molecule has 5 heterocycles. The van der Waals surface area contributed by atoms with Crippen molar-refractivity contribution in [2.45, 2.75) is 38.3 Å². The minimum atomic E-state index is -0.999. The number of carbonyl (C=O) groups excluding carboxylic acids is 2. The fourth-order valence-electron chi connectivity index (χ4n) is 4.77. The molecule has 2 aliphatic rings. The summed E-state index contributed by atoms with van der Waals surface area (Å²) in [7, 11) is 0. The van der Waals surface area contributed by atoms with Gasteiger partial charge in [0.1, 0.15) is 23.0 Å². The number of aromatic nitrogens is 5. The van der Waals surface area contributed by atoms with E-state index in [4.69, 9.17) is 4.74 Å². The highest BCUT2D eigenvalue weighted by atomic mass is 19.1. The van der Waals surface area contributed by atoms with Crippen molar-refractivity contribution in [3.63, 3.8) is 0 Å². The van der Waals surface area contributed by atoms with Crippen LogP contribution in [0.5, 0.6) is 0 Å². The second-order valence-corrected chi connectivity index (χ2v) is 9.70. The van der Waals surface area contributed by atoms with Gasteiger partial charge < -0.3 is 15.4 Å². The van der Waals surface area contributed by atoms with E-state index >= 15 is 0 Å². The van der Waals surface area contributed by atoms with Gasteiger partial charge in [0.2, 0.25) is 5.91 Å². The molecular formula is C26H24FN7O3. The Morgan fingerprint density at radius 3 is 2.86 bits per heavy atom. The van der Waals surface area contributed by atoms with Crippen LogP contribution < -0.4 is 10.6 Å². The summed E-state index contributed by atoms with van der Waals surface area (Å²) < 4.78 is 21.4. The third kappa shape index (κ3) is 3.91. The second kappa shape index (κ2) is 8.70. The highest BCUT2D eigenvalue weighted by Crippen LogP contribution is 2.39. The van der Waals surface area contributed by atoms with Crippen LogP contribution in [0.4, 0.5) is 10.2 Å². The van der Waals surface area contributed by atoms with Crippen molar-refractivity contribution >= 4 is 28.7 Å². The van der Waals surface area contributed by atoms with Crippen molar-refractivity contribution in [1.82, 2.24) is 30.0 Å². The Hall–Kier alpha value is -4.25. The lowest BCUT2D eigenvalue weighted by molar-refractivity contribution is -0.119. The number of amides is 2. The van der Waals surface area contributed by atoms with Crippen LogP contribution in [0.1, 0.15) is 41.9 Å². The summed E-state index contributed by atoms with van der Waals surface area (Å²) in [5, 5.41) is 11.1. The van der Waals surface area contributed by atoms with Crippen LogP contribution >= 0.6 is 0 Å². The van der Waals surface area contributed by atoms with Gasteiger partial charge in [0.15, 0.2) is 11.5 Å². The lowest BCUT2D eigenvalue weighted by Crippen LogP contribution is -2.37. The van der Waals surface area contributed by atoms with E-state index in [1.54, 1.807) is 49.0 Å². The fourth-order valence-corrected chi connectivity index (χ4v) is 4.77. The zero-order chi connectivity index (χ0) is 25.7. The predicted molar refractivity (Wildman–Crippen MR) is 132 cm³/mol. The zero-order valence-electron chi connectivity index (χ0n) is 20.3. The highest BCUT2D eigenvalue weighted by molar-refractivity contribution is 6.09. The molecule has 1 atom stereocenters. The van der Waals surface area contributed by atoms with Gasteiger partial charge in [-0.25, -0.2) is 24.0 Å². The number of hydrogen-bond donors (Lipinski definition) is 2. The molecule has 1 aromatic carbocycles. The van der Waals surface area contributed by atoms with E-state index in [0.29, 0.717) is 47.5 Å². The molecule has 6 rings (SSSR count). The molecule has 0 radical (unpaired) electrons. The molecule has 1 fully saturated rings. The number of carbonyl (C=O) groups is 2. The molecular weight excluding hydrogens is 477 g/mol. The quantitative estimate of drug-likeness (QED) is 0.431. The Kier molecular flexibility index (Phi) is 5.45. The summed E-state index contributed by atoms with van der Waals surface area (Å²) in [5.41, 5.74) is 0.886. The predicted octanol–water partition coefficient (Wildman–Crippen LogP) is 2.82. The van der Waals surface area contributed by atoms with Crippen LogP contribution in [-0.2, 0) is 21.5 Å². The first-order chi connectivity index (χ1) is 17.8. The molecule has 37 heavy (non-hydrogen) atoms. The molecule has 0 saturated carbocycles. The van der Waals surface area contributed by atoms with Gasteiger partial charge in [-0.05, 0) is 38.5 Å². The van der Waals surface area contributed by atoms with Crippen LogP contribution in [0.3, 0.4) is 0 Å². The number of ether oxygens (including phenoxy) is 1. The molecule has 0 spiro atoms. The van der Waals surface area contributed by atoms with Gasteiger partial charge >= 0.3 is 0 Å². The minimum Gasteiger partial charge on any atom is -0.379 e. The molecule has 3 aromatic heterocycles. The molecule has 188 valence electrons. The summed E-state index contributed by atoms with van der Waals surface area (Å²) in [6.07, 6.45) is 2.32. The Bertz CT molecular complexity index is 1560. The van der Waals surface area contributed by atoms with Crippen molar-refractivity contribution in [3.8, 4) is 11.5 Å². The van der Waals surface area contributed by atoms with E-state index in [1.807, 2.05) is 6.07 Å². The third-order valence-electron chi connectivity index (χ3n) is 6.81. The Morgan fingerprint density at radius 1 is 1.24 bits per heavy atom. The maximum Gasteiger partial charge on any atom is 0.270 e. The van der Waals surface area contributed by atoms with Gasteiger partial charge in [0.25, 0.3) is 5.91 Å². The maximum atomic E-state index is 14.4. The second-order valence-electron chi connectivity index (χ2n) is 9.70. The third-order valence-corrected chi connectivity index (χ3v) is 6.81. The van der Waals surface area contributed by atoms with Crippen LogP contribution in [0.15, 0.2) is 42.6 Å². The van der Waals surface area contributed by atoms with Crippen LogP contribution in [0.2, 0.25) is 0 Å². The van der Waals surface area contributed by atoms with Crippen LogP contribution in [0, 0.1) is 5.82 Å². The lowest BCUT2D eigenvalue weighted by Gasteiger charge is -2.19. The smallest absolute Gasteiger partial charge is 0.270 e. The Labute approximate surface area is 211 Å². The van der Waals surface area contributed by atoms with Crippen molar-refractivity contribution < 1.29 is 18.7 Å². The van der Waals surface area contributed by atoms with Gasteiger partial charge in [-0.1, -0.05) is 18.2 Å². The first-order valence-electron chi connectivity index (χ1n) is 12.0. The molecule has 10 nitrogen and oxygen atoms in total. The summed E-state index contributed by atoms with van der Waals surface area (Å²) in [4.78, 5) is 39.9. The van der Waals surface area contributed by atoms with Crippen LogP contribution in [0.25, 0.3) is 22.6 Å². The minimum absolute atomic E-state index is 0.107. The Balaban J connectivity index is 1.49. The molecule has 4 aromatic rings. The SMILES string of the molecule is CC1(C)C(=O)Nc2nc(-c3nn(Cc4ccccc4F)c4ncccc34)nc(C(=O)NC3CCOC3)c21. The van der Waals surface area contributed by atoms with E-state index in [-0.39, 0.29) is 41.6 Å². The van der Waals surface area contributed by atoms with Crippen LogP contribution in [-0.4, -0.2) is 55.8 Å². The van der Waals surface area contributed by atoms with E-state index in [1.165, 1.54) is 6.07 Å². The van der Waals surface area contributed by atoms with Crippen molar-refractivity contribution in [2.75, 3.05) is 18.5 Å². The van der Waals surface area contributed by atoms with Gasteiger partial charge in [0.05, 0.1) is 30.0 Å². The number of benzene rings is 1. The molecule has 2 amide bonds. The number of hydrogen-bond acceptors (Lipinski definition) is 7. The summed E-state index contributed by atoms with van der Waals surface area (Å²) in [5.74, 6) is -0.599.